The van der Waals surface area contributed by atoms with Crippen molar-refractivity contribution in [3.8, 4) is 0 Å². The minimum absolute atomic E-state index is 0.0137. The Balaban J connectivity index is 2.31. The molecule has 2 atom stereocenters. The molecule has 1 rings (SSSR count). The highest BCUT2D eigenvalue weighted by molar-refractivity contribution is 7.91. The second-order valence-electron chi connectivity index (χ2n) is 4.51. The van der Waals surface area contributed by atoms with E-state index in [1.165, 1.54) is 0 Å². The number of hydrogen-bond acceptors (Lipinski definition) is 3. The predicted molar refractivity (Wildman–Crippen MR) is 64.1 cm³/mol. The van der Waals surface area contributed by atoms with Crippen LogP contribution in [0.15, 0.2) is 0 Å². The summed E-state index contributed by atoms with van der Waals surface area (Å²) in [6.45, 7) is 2.68. The van der Waals surface area contributed by atoms with E-state index in [1.54, 1.807) is 0 Å². The Morgan fingerprint density at radius 3 is 2.69 bits per heavy atom. The summed E-state index contributed by atoms with van der Waals surface area (Å²) in [6.07, 6.45) is 2.69. The molecule has 0 radical (unpaired) electrons. The number of sulfone groups is 1. The van der Waals surface area contributed by atoms with Gasteiger partial charge >= 0.3 is 0 Å². The summed E-state index contributed by atoms with van der Waals surface area (Å²) in [4.78, 5) is 0. The van der Waals surface area contributed by atoms with Gasteiger partial charge in [-0.3, -0.25) is 0 Å². The third-order valence-electron chi connectivity index (χ3n) is 3.00. The van der Waals surface area contributed by atoms with Crippen molar-refractivity contribution >= 4 is 9.84 Å². The zero-order valence-electron chi connectivity index (χ0n) is 9.91. The summed E-state index contributed by atoms with van der Waals surface area (Å²) in [5.41, 5.74) is 0. The van der Waals surface area contributed by atoms with Crippen molar-refractivity contribution in [3.05, 3.63) is 0 Å². The van der Waals surface area contributed by atoms with Crippen LogP contribution in [0.1, 0.15) is 39.0 Å². The van der Waals surface area contributed by atoms with E-state index < -0.39 is 16.0 Å². The molecule has 96 valence electrons. The molecule has 0 saturated carbocycles. The summed E-state index contributed by atoms with van der Waals surface area (Å²) in [5.74, 6) is 0.165. The smallest absolute Gasteiger partial charge is 0.150 e. The molecule has 1 saturated heterocycles. The van der Waals surface area contributed by atoms with Gasteiger partial charge in [-0.05, 0) is 32.2 Å². The largest absolute Gasteiger partial charge is 0.311 e. The number of hydrogen-bond donors (Lipinski definition) is 1. The minimum Gasteiger partial charge on any atom is -0.311 e. The first-order valence-electron chi connectivity index (χ1n) is 6.13. The van der Waals surface area contributed by atoms with Crippen LogP contribution in [0.3, 0.4) is 0 Å². The second-order valence-corrected chi connectivity index (χ2v) is 6.82. The Bertz CT molecular complexity index is 286. The van der Waals surface area contributed by atoms with Crippen molar-refractivity contribution in [1.29, 1.82) is 0 Å². The Labute approximate surface area is 97.7 Å². The summed E-state index contributed by atoms with van der Waals surface area (Å²) in [7, 11) is -3.03. The number of alkyl halides is 1. The van der Waals surface area contributed by atoms with Gasteiger partial charge in [-0.25, -0.2) is 12.8 Å². The van der Waals surface area contributed by atoms with Crippen LogP contribution in [-0.2, 0) is 9.84 Å². The fraction of sp³-hybridized carbons (Fsp3) is 1.00. The molecule has 2 unspecified atom stereocenters. The van der Waals surface area contributed by atoms with Gasteiger partial charge in [0.15, 0.2) is 0 Å². The minimum atomic E-state index is -3.03. The van der Waals surface area contributed by atoms with E-state index in [1.807, 2.05) is 6.92 Å². The van der Waals surface area contributed by atoms with Gasteiger partial charge in [0.2, 0.25) is 0 Å². The Morgan fingerprint density at radius 1 is 1.38 bits per heavy atom. The van der Waals surface area contributed by atoms with Crippen molar-refractivity contribution in [2.75, 3.05) is 18.1 Å². The molecule has 0 amide bonds. The van der Waals surface area contributed by atoms with Crippen LogP contribution in [0.4, 0.5) is 4.39 Å². The van der Waals surface area contributed by atoms with E-state index in [0.717, 1.165) is 25.8 Å². The van der Waals surface area contributed by atoms with E-state index in [9.17, 15) is 12.8 Å². The van der Waals surface area contributed by atoms with Gasteiger partial charge in [0, 0.05) is 11.8 Å². The van der Waals surface area contributed by atoms with Crippen molar-refractivity contribution in [2.45, 2.75) is 51.2 Å². The van der Waals surface area contributed by atoms with Gasteiger partial charge in [0.05, 0.1) is 5.75 Å². The maximum absolute atomic E-state index is 13.7. The number of halogens is 1. The van der Waals surface area contributed by atoms with Crippen LogP contribution >= 0.6 is 0 Å². The predicted octanol–water partition coefficient (Wildman–Crippen LogP) is 1.68. The van der Waals surface area contributed by atoms with Crippen LogP contribution < -0.4 is 5.32 Å². The van der Waals surface area contributed by atoms with Crippen molar-refractivity contribution < 1.29 is 12.8 Å². The molecule has 0 aromatic rings. The monoisotopic (exact) mass is 251 g/mol. The van der Waals surface area contributed by atoms with Gasteiger partial charge in [0.25, 0.3) is 0 Å². The lowest BCUT2D eigenvalue weighted by Gasteiger charge is -2.26. The van der Waals surface area contributed by atoms with E-state index in [0.29, 0.717) is 6.42 Å². The van der Waals surface area contributed by atoms with Gasteiger partial charge in [-0.1, -0.05) is 13.3 Å². The summed E-state index contributed by atoms with van der Waals surface area (Å²) >= 11 is 0. The molecule has 0 spiro atoms. The van der Waals surface area contributed by atoms with Crippen molar-refractivity contribution in [3.63, 3.8) is 0 Å². The highest BCUT2D eigenvalue weighted by atomic mass is 32.2. The lowest BCUT2D eigenvalue weighted by molar-refractivity contribution is 0.213. The third kappa shape index (κ3) is 4.78. The van der Waals surface area contributed by atoms with Gasteiger partial charge < -0.3 is 5.32 Å². The molecule has 5 heteroatoms. The molecule has 1 aliphatic heterocycles. The van der Waals surface area contributed by atoms with Gasteiger partial charge in [-0.15, -0.1) is 0 Å². The van der Waals surface area contributed by atoms with E-state index in [2.05, 4.69) is 5.32 Å². The molecule has 1 fully saturated rings. The average molecular weight is 251 g/mol. The molecule has 16 heavy (non-hydrogen) atoms. The SMILES string of the molecule is CCCS(=O)(=O)CCC(F)C1CCCCN1. The fourth-order valence-electron chi connectivity index (χ4n) is 2.09. The highest BCUT2D eigenvalue weighted by Gasteiger charge is 2.24. The average Bonchev–Trinajstić information content (AvgIpc) is 2.27. The van der Waals surface area contributed by atoms with Gasteiger partial charge in [0.1, 0.15) is 16.0 Å². The molecular weight excluding hydrogens is 229 g/mol. The Morgan fingerprint density at radius 2 is 2.12 bits per heavy atom. The quantitative estimate of drug-likeness (QED) is 0.781. The molecule has 0 bridgehead atoms. The topological polar surface area (TPSA) is 46.2 Å². The van der Waals surface area contributed by atoms with E-state index >= 15 is 0 Å². The molecule has 1 aliphatic rings. The number of piperidine rings is 1. The summed E-state index contributed by atoms with van der Waals surface area (Å²) in [6, 6.07) is -0.134. The zero-order valence-corrected chi connectivity index (χ0v) is 10.7. The zero-order chi connectivity index (χ0) is 12.0. The van der Waals surface area contributed by atoms with Crippen molar-refractivity contribution in [1.82, 2.24) is 5.32 Å². The molecule has 0 aromatic carbocycles. The molecule has 3 nitrogen and oxygen atoms in total. The number of rotatable bonds is 6. The highest BCUT2D eigenvalue weighted by Crippen LogP contribution is 2.16. The maximum atomic E-state index is 13.7. The van der Waals surface area contributed by atoms with Crippen LogP contribution in [0, 0.1) is 0 Å². The normalized spacial score (nSPS) is 24.2. The van der Waals surface area contributed by atoms with Crippen LogP contribution in [0.25, 0.3) is 0 Å². The molecular formula is C11H22FNO2S. The molecule has 1 heterocycles. The Hall–Kier alpha value is -0.160. The van der Waals surface area contributed by atoms with Crippen LogP contribution in [0.2, 0.25) is 0 Å². The standard InChI is InChI=1S/C11H22FNO2S/c1-2-8-16(14,15)9-6-10(12)11-5-3-4-7-13-11/h10-11,13H,2-9H2,1H3. The van der Waals surface area contributed by atoms with Crippen LogP contribution in [0.5, 0.6) is 0 Å². The maximum Gasteiger partial charge on any atom is 0.150 e. The first-order valence-corrected chi connectivity index (χ1v) is 7.95. The lowest BCUT2D eigenvalue weighted by atomic mass is 9.99. The lowest BCUT2D eigenvalue weighted by Crippen LogP contribution is -2.41. The number of nitrogens with one attached hydrogen (secondary N) is 1. The van der Waals surface area contributed by atoms with Gasteiger partial charge in [-0.2, -0.15) is 0 Å². The second kappa shape index (κ2) is 6.55. The Kier molecular flexibility index (Phi) is 5.69. The fourth-order valence-corrected chi connectivity index (χ4v) is 3.50. The molecule has 0 aliphatic carbocycles. The van der Waals surface area contributed by atoms with Crippen molar-refractivity contribution in [2.24, 2.45) is 0 Å². The van der Waals surface area contributed by atoms with E-state index in [4.69, 9.17) is 0 Å². The summed E-state index contributed by atoms with van der Waals surface area (Å²) < 4.78 is 36.6. The molecule has 1 N–H and O–H groups in total. The van der Waals surface area contributed by atoms with Crippen LogP contribution in [-0.4, -0.2) is 38.7 Å². The first-order chi connectivity index (χ1) is 7.55. The first kappa shape index (κ1) is 13.9. The summed E-state index contributed by atoms with van der Waals surface area (Å²) in [5, 5.41) is 3.12. The third-order valence-corrected chi connectivity index (χ3v) is 4.89. The molecule has 0 aromatic heterocycles. The van der Waals surface area contributed by atoms with E-state index in [-0.39, 0.29) is 24.0 Å².